The zero-order chi connectivity index (χ0) is 43.7. The molecule has 1 aromatic heterocycles. The quantitative estimate of drug-likeness (QED) is 0.0230. The van der Waals surface area contributed by atoms with E-state index < -0.39 is 15.5 Å². The number of rotatable bonds is 24. The molecule has 61 heavy (non-hydrogen) atoms. The molecular weight excluding hydrogens is 862 g/mol. The fourth-order valence-corrected chi connectivity index (χ4v) is 7.99. The topological polar surface area (TPSA) is 177 Å². The molecule has 1 fully saturated rings. The highest BCUT2D eigenvalue weighted by molar-refractivity contribution is 7.90. The maximum Gasteiger partial charge on any atom is 0.511 e. The first kappa shape index (κ1) is 47.7. The van der Waals surface area contributed by atoms with Gasteiger partial charge >= 0.3 is 15.5 Å². The Morgan fingerprint density at radius 3 is 2.08 bits per heavy atom. The third-order valence-electron chi connectivity index (χ3n) is 9.79. The number of nitrogens with zero attached hydrogens (tertiary/aromatic N) is 5. The normalized spacial score (nSPS) is 13.9. The Kier molecular flexibility index (Phi) is 18.5. The van der Waals surface area contributed by atoms with E-state index in [-0.39, 0.29) is 63.4 Å². The van der Waals surface area contributed by atoms with Crippen molar-refractivity contribution in [3.63, 3.8) is 0 Å². The summed E-state index contributed by atoms with van der Waals surface area (Å²) in [5, 5.41) is 11.5. The van der Waals surface area contributed by atoms with Gasteiger partial charge in [0.15, 0.2) is 0 Å². The lowest BCUT2D eigenvalue weighted by atomic mass is 9.84. The lowest BCUT2D eigenvalue weighted by Crippen LogP contribution is -2.47. The number of carbonyl (C=O) groups is 1. The summed E-state index contributed by atoms with van der Waals surface area (Å²) < 4.78 is 86.9. The predicted molar refractivity (Wildman–Crippen MR) is 228 cm³/mol. The molecule has 20 heteroatoms. The first-order chi connectivity index (χ1) is 29.4. The molecule has 330 valence electrons. The third kappa shape index (κ3) is 14.3. The lowest BCUT2D eigenvalue weighted by molar-refractivity contribution is -0.121. The highest BCUT2D eigenvalue weighted by Gasteiger charge is 2.50. The van der Waals surface area contributed by atoms with E-state index >= 15 is 0 Å². The largest absolute Gasteiger partial charge is 0.511 e. The zero-order valence-corrected chi connectivity index (χ0v) is 35.6. The molecule has 3 aromatic carbocycles. The van der Waals surface area contributed by atoms with Gasteiger partial charge in [-0.25, -0.2) is 8.42 Å². The average Bonchev–Trinajstić information content (AvgIpc) is 3.24. The Morgan fingerprint density at radius 1 is 0.869 bits per heavy atom. The molecule has 0 spiro atoms. The number of nitrogens with one attached hydrogen (secondary N) is 2. The number of ether oxygens (including phenoxy) is 4. The van der Waals surface area contributed by atoms with Crippen LogP contribution in [-0.2, 0) is 29.0 Å². The van der Waals surface area contributed by atoms with E-state index in [0.29, 0.717) is 95.7 Å². The van der Waals surface area contributed by atoms with Crippen LogP contribution in [0, 0.1) is 0 Å². The van der Waals surface area contributed by atoms with Crippen molar-refractivity contribution >= 4 is 55.7 Å². The van der Waals surface area contributed by atoms with Crippen LogP contribution in [0.4, 0.5) is 18.9 Å². The van der Waals surface area contributed by atoms with Gasteiger partial charge in [-0.3, -0.25) is 9.78 Å². The van der Waals surface area contributed by atoms with Crippen LogP contribution in [0.1, 0.15) is 54.7 Å². The number of hydrogen-bond donors (Lipinski definition) is 2. The van der Waals surface area contributed by atoms with Gasteiger partial charge in [-0.15, -0.1) is 0 Å². The molecule has 1 amide bonds. The molecule has 0 aliphatic carbocycles. The summed E-state index contributed by atoms with van der Waals surface area (Å²) in [4.78, 5) is 19.8. The number of unbranched alkanes of at least 4 members (excludes halogenated alkanes) is 1. The molecule has 14 nitrogen and oxygen atoms in total. The molecule has 0 unspecified atom stereocenters. The number of hydrogen-bond acceptors (Lipinski definition) is 10. The van der Waals surface area contributed by atoms with E-state index in [0.717, 1.165) is 16.7 Å². The number of carbonyl (C=O) groups excluding carboxylic acids is 1. The van der Waals surface area contributed by atoms with Crippen molar-refractivity contribution < 1.29 is 45.3 Å². The molecule has 2 N–H and O–H groups in total. The van der Waals surface area contributed by atoms with E-state index in [4.69, 9.17) is 47.7 Å². The fourth-order valence-electron chi connectivity index (χ4n) is 6.75. The highest BCUT2D eigenvalue weighted by atomic mass is 35.5. The molecular formula is C41H48Cl2F3N7O7S. The Balaban J connectivity index is 1.23. The second-order valence-corrected chi connectivity index (χ2v) is 16.8. The van der Waals surface area contributed by atoms with Gasteiger partial charge in [0, 0.05) is 76.8 Å². The number of piperidine rings is 1. The summed E-state index contributed by atoms with van der Waals surface area (Å²) in [6.45, 7) is 2.54. The standard InChI is InChI=1S/C41H48Cl2F3N7O7S/c42-32-8-4-29(5-9-32)39(30-6-10-33(43)11-7-30)31-27-35-36(51-34-13-18-53(19-14-34)61(55,56)41(44,45)46)12-15-49-40(35)37(28-31)60-20-2-1-3-38(54)48-16-21-57-23-25-59-26-24-58-22-17-50-52-47/h4-12,15,27-28,34,39H,1-3,13-14,16-26H2,(H,48,54)(H,49,51). The van der Waals surface area contributed by atoms with Crippen molar-refractivity contribution in [3.05, 3.63) is 110 Å². The van der Waals surface area contributed by atoms with E-state index in [9.17, 15) is 26.4 Å². The van der Waals surface area contributed by atoms with Gasteiger partial charge in [-0.05, 0) is 90.4 Å². The van der Waals surface area contributed by atoms with Gasteiger partial charge in [0.1, 0.15) is 11.3 Å². The highest BCUT2D eigenvalue weighted by Crippen LogP contribution is 2.40. The smallest absolute Gasteiger partial charge is 0.491 e. The van der Waals surface area contributed by atoms with Crippen molar-refractivity contribution in [1.29, 1.82) is 0 Å². The van der Waals surface area contributed by atoms with Crippen LogP contribution in [0.3, 0.4) is 0 Å². The van der Waals surface area contributed by atoms with Gasteiger partial charge < -0.3 is 29.6 Å². The molecule has 5 rings (SSSR count). The Labute approximate surface area is 362 Å². The average molecular weight is 911 g/mol. The summed E-state index contributed by atoms with van der Waals surface area (Å²) in [6.07, 6.45) is 3.36. The number of sulfonamides is 1. The minimum atomic E-state index is -5.42. The van der Waals surface area contributed by atoms with Crippen LogP contribution in [0.2, 0.25) is 10.0 Å². The van der Waals surface area contributed by atoms with Crippen LogP contribution >= 0.6 is 23.2 Å². The molecule has 0 bridgehead atoms. The van der Waals surface area contributed by atoms with Crippen molar-refractivity contribution in [2.75, 3.05) is 77.7 Å². The van der Waals surface area contributed by atoms with Crippen LogP contribution in [-0.4, -0.2) is 108 Å². The van der Waals surface area contributed by atoms with Gasteiger partial charge in [0.25, 0.3) is 0 Å². The molecule has 0 saturated carbocycles. The molecule has 0 atom stereocenters. The fraction of sp³-hybridized carbons (Fsp3) is 0.463. The zero-order valence-electron chi connectivity index (χ0n) is 33.3. The SMILES string of the molecule is [N-]=[N+]=NCCOCCOCCOCCNC(=O)CCCCOc1cc(C(c2ccc(Cl)cc2)c2ccc(Cl)cc2)cc2c(NC3CCN(S(=O)(=O)C(F)(F)F)CC3)ccnc12. The Bertz CT molecular complexity index is 2130. The second-order valence-electron chi connectivity index (χ2n) is 14.0. The van der Waals surface area contributed by atoms with E-state index in [1.54, 1.807) is 12.3 Å². The van der Waals surface area contributed by atoms with Crippen molar-refractivity contribution in [2.45, 2.75) is 49.6 Å². The number of azide groups is 1. The van der Waals surface area contributed by atoms with Crippen LogP contribution in [0.25, 0.3) is 21.3 Å². The maximum absolute atomic E-state index is 13.3. The number of anilines is 1. The van der Waals surface area contributed by atoms with Crippen LogP contribution in [0.15, 0.2) is 78.0 Å². The number of alkyl halides is 3. The number of amides is 1. The van der Waals surface area contributed by atoms with Gasteiger partial charge in [-0.2, -0.15) is 17.5 Å². The van der Waals surface area contributed by atoms with Gasteiger partial charge in [0.05, 0.1) is 46.2 Å². The number of halogens is 5. The van der Waals surface area contributed by atoms with Crippen molar-refractivity contribution in [2.24, 2.45) is 5.11 Å². The van der Waals surface area contributed by atoms with Gasteiger partial charge in [-0.1, -0.05) is 52.6 Å². The summed E-state index contributed by atoms with van der Waals surface area (Å²) in [5.74, 6) is 0.0871. The predicted octanol–water partition coefficient (Wildman–Crippen LogP) is 8.47. The third-order valence-corrected chi connectivity index (χ3v) is 11.9. The molecule has 2 heterocycles. The second kappa shape index (κ2) is 23.7. The van der Waals surface area contributed by atoms with Crippen LogP contribution < -0.4 is 15.4 Å². The minimum absolute atomic E-state index is 0.113. The monoisotopic (exact) mass is 909 g/mol. The number of pyridine rings is 1. The number of aromatic nitrogens is 1. The van der Waals surface area contributed by atoms with Crippen molar-refractivity contribution in [1.82, 2.24) is 14.6 Å². The molecule has 0 radical (unpaired) electrons. The maximum atomic E-state index is 13.3. The summed E-state index contributed by atoms with van der Waals surface area (Å²) in [7, 11) is -5.42. The van der Waals surface area contributed by atoms with Crippen molar-refractivity contribution in [3.8, 4) is 5.75 Å². The molecule has 1 aliphatic heterocycles. The van der Waals surface area contributed by atoms with Crippen LogP contribution in [0.5, 0.6) is 5.75 Å². The first-order valence-corrected chi connectivity index (χ1v) is 22.0. The molecule has 1 saturated heterocycles. The molecule has 1 aliphatic rings. The Hall–Kier alpha value is -4.39. The molecule has 4 aromatic rings. The van der Waals surface area contributed by atoms with E-state index in [1.807, 2.05) is 60.7 Å². The number of benzene rings is 3. The van der Waals surface area contributed by atoms with Gasteiger partial charge in [0.2, 0.25) is 5.91 Å². The lowest BCUT2D eigenvalue weighted by Gasteiger charge is -2.32. The first-order valence-electron chi connectivity index (χ1n) is 19.8. The van der Waals surface area contributed by atoms with E-state index in [2.05, 4.69) is 25.6 Å². The summed E-state index contributed by atoms with van der Waals surface area (Å²) in [6, 6.07) is 20.4. The summed E-state index contributed by atoms with van der Waals surface area (Å²) in [5.41, 5.74) is 6.83. The summed E-state index contributed by atoms with van der Waals surface area (Å²) >= 11 is 12.6. The Morgan fingerprint density at radius 2 is 1.48 bits per heavy atom. The number of fused-ring (bicyclic) bond motifs is 1. The van der Waals surface area contributed by atoms with E-state index in [1.165, 1.54) is 0 Å². The minimum Gasteiger partial charge on any atom is -0.491 e.